The van der Waals surface area contributed by atoms with Crippen molar-refractivity contribution in [3.8, 4) is 0 Å². The molecule has 0 aromatic carbocycles. The third-order valence-corrected chi connectivity index (χ3v) is 3.32. The van der Waals surface area contributed by atoms with Gasteiger partial charge >= 0.3 is 0 Å². The smallest absolute Gasteiger partial charge is 0.193 e. The molecule has 2 aromatic rings. The first-order valence-electron chi connectivity index (χ1n) is 4.59. The molecule has 0 radical (unpaired) electrons. The Bertz CT molecular complexity index is 478. The first kappa shape index (κ1) is 11.3. The zero-order valence-electron chi connectivity index (χ0n) is 8.30. The van der Waals surface area contributed by atoms with Gasteiger partial charge in [-0.3, -0.25) is 0 Å². The lowest BCUT2D eigenvalue weighted by molar-refractivity contribution is 0.955. The SMILES string of the molecule is NCc1ccnc(Sc2ncccn2)c1Cl. The van der Waals surface area contributed by atoms with Crippen LogP contribution < -0.4 is 5.73 Å². The number of hydrogen-bond acceptors (Lipinski definition) is 5. The largest absolute Gasteiger partial charge is 0.326 e. The number of rotatable bonds is 3. The molecule has 0 amide bonds. The van der Waals surface area contributed by atoms with Crippen LogP contribution in [-0.2, 0) is 6.54 Å². The van der Waals surface area contributed by atoms with Crippen LogP contribution in [0, 0.1) is 0 Å². The highest BCUT2D eigenvalue weighted by Crippen LogP contribution is 2.30. The molecule has 0 atom stereocenters. The van der Waals surface area contributed by atoms with Crippen LogP contribution in [-0.4, -0.2) is 15.0 Å². The Hall–Kier alpha value is -1.17. The van der Waals surface area contributed by atoms with Crippen LogP contribution in [0.5, 0.6) is 0 Å². The Morgan fingerprint density at radius 1 is 1.19 bits per heavy atom. The summed E-state index contributed by atoms with van der Waals surface area (Å²) in [5.74, 6) is 0. The first-order chi connectivity index (χ1) is 7.81. The Morgan fingerprint density at radius 3 is 2.62 bits per heavy atom. The Labute approximate surface area is 102 Å². The van der Waals surface area contributed by atoms with Gasteiger partial charge in [-0.15, -0.1) is 0 Å². The van der Waals surface area contributed by atoms with Crippen LogP contribution in [0.4, 0.5) is 0 Å². The molecule has 82 valence electrons. The molecule has 2 heterocycles. The molecular formula is C10H9ClN4S. The van der Waals surface area contributed by atoms with Crippen molar-refractivity contribution < 1.29 is 0 Å². The maximum Gasteiger partial charge on any atom is 0.193 e. The molecule has 0 saturated carbocycles. The van der Waals surface area contributed by atoms with E-state index >= 15 is 0 Å². The molecule has 0 bridgehead atoms. The van der Waals surface area contributed by atoms with Crippen molar-refractivity contribution in [2.75, 3.05) is 0 Å². The Morgan fingerprint density at radius 2 is 1.94 bits per heavy atom. The van der Waals surface area contributed by atoms with Crippen molar-refractivity contribution in [3.05, 3.63) is 41.3 Å². The minimum absolute atomic E-state index is 0.393. The maximum absolute atomic E-state index is 6.14. The molecule has 0 spiro atoms. The van der Waals surface area contributed by atoms with Crippen molar-refractivity contribution >= 4 is 23.4 Å². The zero-order valence-corrected chi connectivity index (χ0v) is 9.87. The Kier molecular flexibility index (Phi) is 3.71. The summed E-state index contributed by atoms with van der Waals surface area (Å²) >= 11 is 7.46. The minimum atomic E-state index is 0.393. The standard InChI is InChI=1S/C10H9ClN4S/c11-8-7(6-12)2-5-13-9(8)16-10-14-3-1-4-15-10/h1-5H,6,12H2. The van der Waals surface area contributed by atoms with Crippen LogP contribution in [0.3, 0.4) is 0 Å². The molecule has 0 saturated heterocycles. The summed E-state index contributed by atoms with van der Waals surface area (Å²) in [6, 6.07) is 3.56. The molecule has 0 aliphatic heterocycles. The quantitative estimate of drug-likeness (QED) is 0.848. The topological polar surface area (TPSA) is 64.7 Å². The zero-order chi connectivity index (χ0) is 11.4. The fourth-order valence-electron chi connectivity index (χ4n) is 1.12. The molecule has 16 heavy (non-hydrogen) atoms. The number of halogens is 1. The number of pyridine rings is 1. The van der Waals surface area contributed by atoms with E-state index in [1.807, 2.05) is 0 Å². The van der Waals surface area contributed by atoms with E-state index in [0.29, 0.717) is 21.7 Å². The second-order valence-corrected chi connectivity index (χ2v) is 4.26. The summed E-state index contributed by atoms with van der Waals surface area (Å²) in [5.41, 5.74) is 6.43. The predicted molar refractivity (Wildman–Crippen MR) is 63.3 cm³/mol. The van der Waals surface area contributed by atoms with Crippen LogP contribution in [0.15, 0.2) is 40.9 Å². The molecule has 2 rings (SSSR count). The maximum atomic E-state index is 6.14. The van der Waals surface area contributed by atoms with Gasteiger partial charge in [0.05, 0.1) is 5.02 Å². The van der Waals surface area contributed by atoms with E-state index in [0.717, 1.165) is 5.56 Å². The molecule has 4 nitrogen and oxygen atoms in total. The molecule has 2 N–H and O–H groups in total. The van der Waals surface area contributed by atoms with Gasteiger partial charge < -0.3 is 5.73 Å². The van der Waals surface area contributed by atoms with Gasteiger partial charge in [0.25, 0.3) is 0 Å². The predicted octanol–water partition coefficient (Wildman–Crippen LogP) is 2.13. The third-order valence-electron chi connectivity index (χ3n) is 1.89. The van der Waals surface area contributed by atoms with E-state index in [9.17, 15) is 0 Å². The molecule has 0 aliphatic carbocycles. The second kappa shape index (κ2) is 5.25. The average Bonchev–Trinajstić information content (AvgIpc) is 2.33. The summed E-state index contributed by atoms with van der Waals surface area (Å²) < 4.78 is 0. The summed E-state index contributed by atoms with van der Waals surface area (Å²) in [5, 5.41) is 1.87. The van der Waals surface area contributed by atoms with Gasteiger partial charge in [0.15, 0.2) is 5.16 Å². The number of aromatic nitrogens is 3. The summed E-state index contributed by atoms with van der Waals surface area (Å²) in [6.45, 7) is 0.393. The van der Waals surface area contributed by atoms with Crippen molar-refractivity contribution in [3.63, 3.8) is 0 Å². The fraction of sp³-hybridized carbons (Fsp3) is 0.100. The van der Waals surface area contributed by atoms with E-state index in [-0.39, 0.29) is 0 Å². The summed E-state index contributed by atoms with van der Waals surface area (Å²) in [4.78, 5) is 12.4. The molecule has 6 heteroatoms. The van der Waals surface area contributed by atoms with E-state index in [2.05, 4.69) is 15.0 Å². The average molecular weight is 253 g/mol. The van der Waals surface area contributed by atoms with Gasteiger partial charge in [0.1, 0.15) is 5.03 Å². The lowest BCUT2D eigenvalue weighted by Crippen LogP contribution is -1.99. The van der Waals surface area contributed by atoms with Crippen molar-refractivity contribution in [2.24, 2.45) is 5.73 Å². The lowest BCUT2D eigenvalue weighted by Gasteiger charge is -2.05. The number of nitrogens with zero attached hydrogens (tertiary/aromatic N) is 3. The summed E-state index contributed by atoms with van der Waals surface area (Å²) in [6.07, 6.45) is 5.03. The highest BCUT2D eigenvalue weighted by Gasteiger charge is 2.09. The van der Waals surface area contributed by atoms with Gasteiger partial charge in [-0.1, -0.05) is 11.6 Å². The van der Waals surface area contributed by atoms with Crippen molar-refractivity contribution in [1.82, 2.24) is 15.0 Å². The fourth-order valence-corrected chi connectivity index (χ4v) is 2.15. The number of hydrogen-bond donors (Lipinski definition) is 1. The molecule has 0 aliphatic rings. The number of nitrogens with two attached hydrogens (primary N) is 1. The molecular weight excluding hydrogens is 244 g/mol. The van der Waals surface area contributed by atoms with Gasteiger partial charge in [0, 0.05) is 25.1 Å². The molecule has 0 fully saturated rings. The van der Waals surface area contributed by atoms with Crippen molar-refractivity contribution in [2.45, 2.75) is 16.7 Å². The van der Waals surface area contributed by atoms with E-state index in [1.54, 1.807) is 30.7 Å². The monoisotopic (exact) mass is 252 g/mol. The van der Waals surface area contributed by atoms with Gasteiger partial charge in [-0.05, 0) is 29.5 Å². The normalized spacial score (nSPS) is 10.4. The van der Waals surface area contributed by atoms with Gasteiger partial charge in [-0.2, -0.15) is 0 Å². The van der Waals surface area contributed by atoms with E-state index in [4.69, 9.17) is 17.3 Å². The van der Waals surface area contributed by atoms with Gasteiger partial charge in [-0.25, -0.2) is 15.0 Å². The van der Waals surface area contributed by atoms with Gasteiger partial charge in [0.2, 0.25) is 0 Å². The third kappa shape index (κ3) is 2.49. The lowest BCUT2D eigenvalue weighted by atomic mass is 10.3. The minimum Gasteiger partial charge on any atom is -0.326 e. The van der Waals surface area contributed by atoms with E-state index < -0.39 is 0 Å². The van der Waals surface area contributed by atoms with E-state index in [1.165, 1.54) is 11.8 Å². The molecule has 0 unspecified atom stereocenters. The van der Waals surface area contributed by atoms with Crippen LogP contribution in [0.25, 0.3) is 0 Å². The second-order valence-electron chi connectivity index (χ2n) is 2.93. The first-order valence-corrected chi connectivity index (χ1v) is 5.79. The Balaban J connectivity index is 2.28. The summed E-state index contributed by atoms with van der Waals surface area (Å²) in [7, 11) is 0. The van der Waals surface area contributed by atoms with Crippen LogP contribution in [0.1, 0.15) is 5.56 Å². The molecule has 2 aromatic heterocycles. The highest BCUT2D eigenvalue weighted by molar-refractivity contribution is 7.99. The van der Waals surface area contributed by atoms with Crippen molar-refractivity contribution in [1.29, 1.82) is 0 Å². The highest BCUT2D eigenvalue weighted by atomic mass is 35.5. The van der Waals surface area contributed by atoms with Crippen LogP contribution in [0.2, 0.25) is 5.02 Å². The van der Waals surface area contributed by atoms with Crippen LogP contribution >= 0.6 is 23.4 Å².